The van der Waals surface area contributed by atoms with Gasteiger partial charge in [0, 0.05) is 13.8 Å². The van der Waals surface area contributed by atoms with Crippen molar-refractivity contribution in [3.8, 4) is 0 Å². The molecule has 108 valence electrons. The smallest absolute Gasteiger partial charge is 0.303 e. The lowest BCUT2D eigenvalue weighted by molar-refractivity contribution is -0.181. The Morgan fingerprint density at radius 1 is 1.26 bits per heavy atom. The number of hydrogen-bond acceptors (Lipinski definition) is 5. The maximum absolute atomic E-state index is 11.2. The van der Waals surface area contributed by atoms with Crippen molar-refractivity contribution in [1.82, 2.24) is 0 Å². The number of carbonyl (C=O) groups excluding carboxylic acids is 2. The molecule has 2 bridgehead atoms. The Morgan fingerprint density at radius 3 is 2.53 bits per heavy atom. The second-order valence-electron chi connectivity index (χ2n) is 6.08. The summed E-state index contributed by atoms with van der Waals surface area (Å²) in [4.78, 5) is 22.2. The molecular weight excluding hydrogens is 248 g/mol. The van der Waals surface area contributed by atoms with Crippen molar-refractivity contribution >= 4 is 11.9 Å². The first-order valence-corrected chi connectivity index (χ1v) is 6.76. The van der Waals surface area contributed by atoms with Crippen LogP contribution in [0.2, 0.25) is 0 Å². The molecule has 0 N–H and O–H groups in total. The molecule has 1 heterocycles. The average Bonchev–Trinajstić information content (AvgIpc) is 2.57. The highest BCUT2D eigenvalue weighted by Gasteiger charge is 2.56. The molecular formula is C14H22O5. The zero-order chi connectivity index (χ0) is 14.3. The Kier molecular flexibility index (Phi) is 3.60. The summed E-state index contributed by atoms with van der Waals surface area (Å²) >= 11 is 0. The average molecular weight is 270 g/mol. The minimum Gasteiger partial charge on any atom is -0.463 e. The first-order chi connectivity index (χ1) is 8.75. The van der Waals surface area contributed by atoms with Crippen molar-refractivity contribution in [3.63, 3.8) is 0 Å². The lowest BCUT2D eigenvalue weighted by atomic mass is 9.75. The van der Waals surface area contributed by atoms with E-state index in [-0.39, 0.29) is 24.6 Å². The van der Waals surface area contributed by atoms with Crippen LogP contribution in [0.15, 0.2) is 0 Å². The van der Waals surface area contributed by atoms with Gasteiger partial charge in [-0.2, -0.15) is 0 Å². The number of hydrogen-bond donors (Lipinski definition) is 0. The van der Waals surface area contributed by atoms with Crippen molar-refractivity contribution in [1.29, 1.82) is 0 Å². The van der Waals surface area contributed by atoms with E-state index in [1.165, 1.54) is 13.8 Å². The second kappa shape index (κ2) is 4.78. The fraction of sp³-hybridized carbons (Fsp3) is 0.857. The highest BCUT2D eigenvalue weighted by molar-refractivity contribution is 5.66. The molecule has 0 spiro atoms. The Balaban J connectivity index is 2.08. The predicted molar refractivity (Wildman–Crippen MR) is 67.4 cm³/mol. The molecule has 0 unspecified atom stereocenters. The topological polar surface area (TPSA) is 61.8 Å². The summed E-state index contributed by atoms with van der Waals surface area (Å²) in [6.07, 6.45) is 2.44. The van der Waals surface area contributed by atoms with Crippen LogP contribution in [0.5, 0.6) is 0 Å². The summed E-state index contributed by atoms with van der Waals surface area (Å²) in [5.74, 6) is -0.229. The molecule has 19 heavy (non-hydrogen) atoms. The van der Waals surface area contributed by atoms with Crippen LogP contribution in [0.1, 0.15) is 47.0 Å². The van der Waals surface area contributed by atoms with E-state index in [9.17, 15) is 9.59 Å². The van der Waals surface area contributed by atoms with Crippen LogP contribution in [-0.4, -0.2) is 35.9 Å². The van der Waals surface area contributed by atoms with Crippen molar-refractivity contribution in [2.45, 2.75) is 64.3 Å². The molecule has 4 atom stereocenters. The van der Waals surface area contributed by atoms with Gasteiger partial charge in [-0.1, -0.05) is 0 Å². The van der Waals surface area contributed by atoms with E-state index in [4.69, 9.17) is 14.2 Å². The number of ether oxygens (including phenoxy) is 3. The quantitative estimate of drug-likeness (QED) is 0.732. The van der Waals surface area contributed by atoms with Gasteiger partial charge in [0.1, 0.15) is 17.8 Å². The van der Waals surface area contributed by atoms with Crippen LogP contribution in [0.4, 0.5) is 0 Å². The molecule has 2 aliphatic rings. The van der Waals surface area contributed by atoms with Crippen molar-refractivity contribution in [3.05, 3.63) is 0 Å². The zero-order valence-electron chi connectivity index (χ0n) is 12.0. The molecule has 0 aromatic carbocycles. The van der Waals surface area contributed by atoms with Crippen LogP contribution in [-0.2, 0) is 23.8 Å². The van der Waals surface area contributed by atoms with E-state index < -0.39 is 11.2 Å². The van der Waals surface area contributed by atoms with E-state index in [2.05, 4.69) is 0 Å². The fourth-order valence-corrected chi connectivity index (χ4v) is 3.24. The number of fused-ring (bicyclic) bond motifs is 2. The third-order valence-corrected chi connectivity index (χ3v) is 4.38. The van der Waals surface area contributed by atoms with Gasteiger partial charge in [-0.05, 0) is 39.0 Å². The van der Waals surface area contributed by atoms with Crippen molar-refractivity contribution in [2.24, 2.45) is 5.92 Å². The molecule has 5 nitrogen and oxygen atoms in total. The second-order valence-corrected chi connectivity index (χ2v) is 6.08. The molecule has 0 aromatic rings. The minimum atomic E-state index is -0.559. The number of esters is 2. The molecule has 5 heteroatoms. The zero-order valence-corrected chi connectivity index (χ0v) is 12.0. The van der Waals surface area contributed by atoms with E-state index in [0.29, 0.717) is 5.92 Å². The van der Waals surface area contributed by atoms with Crippen molar-refractivity contribution in [2.75, 3.05) is 6.61 Å². The van der Waals surface area contributed by atoms with Gasteiger partial charge >= 0.3 is 11.9 Å². The van der Waals surface area contributed by atoms with Crippen LogP contribution in [0.3, 0.4) is 0 Å². The summed E-state index contributed by atoms with van der Waals surface area (Å²) in [5, 5.41) is 0. The Hall–Kier alpha value is -1.10. The van der Waals surface area contributed by atoms with Crippen molar-refractivity contribution < 1.29 is 23.8 Å². The monoisotopic (exact) mass is 270 g/mol. The third kappa shape index (κ3) is 2.76. The van der Waals surface area contributed by atoms with E-state index in [1.807, 2.05) is 13.8 Å². The normalized spacial score (nSPS) is 40.8. The Bertz CT molecular complexity index is 393. The highest BCUT2D eigenvalue weighted by atomic mass is 16.6. The van der Waals surface area contributed by atoms with Gasteiger partial charge in [-0.15, -0.1) is 0 Å². The summed E-state index contributed by atoms with van der Waals surface area (Å²) in [5.41, 5.74) is -1.02. The minimum absolute atomic E-state index is 0.115. The van der Waals surface area contributed by atoms with Gasteiger partial charge in [-0.25, -0.2) is 0 Å². The molecule has 0 amide bonds. The Labute approximate surface area is 113 Å². The van der Waals surface area contributed by atoms with Gasteiger partial charge in [0.25, 0.3) is 0 Å². The number of rotatable bonds is 3. The molecule has 1 saturated carbocycles. The maximum atomic E-state index is 11.2. The van der Waals surface area contributed by atoms with Gasteiger partial charge in [0.15, 0.2) is 0 Å². The lowest BCUT2D eigenvalue weighted by Gasteiger charge is -2.36. The largest absolute Gasteiger partial charge is 0.463 e. The SMILES string of the molecule is CC(=O)OC[C@@]1(C)O[C@H]2C[C@@H]1CC[C@@]2(C)OC(C)=O. The molecule has 1 saturated heterocycles. The maximum Gasteiger partial charge on any atom is 0.303 e. The first-order valence-electron chi connectivity index (χ1n) is 6.76. The van der Waals surface area contributed by atoms with E-state index in [1.54, 1.807) is 0 Å². The molecule has 2 fully saturated rings. The molecule has 1 aliphatic carbocycles. The molecule has 0 radical (unpaired) electrons. The Morgan fingerprint density at radius 2 is 1.95 bits per heavy atom. The third-order valence-electron chi connectivity index (χ3n) is 4.38. The summed E-state index contributed by atoms with van der Waals surface area (Å²) in [6.45, 7) is 6.98. The van der Waals surface area contributed by atoms with Crippen LogP contribution < -0.4 is 0 Å². The van der Waals surface area contributed by atoms with Gasteiger partial charge in [0.05, 0.1) is 6.10 Å². The lowest BCUT2D eigenvalue weighted by Crippen LogP contribution is -2.45. The van der Waals surface area contributed by atoms with Crippen LogP contribution in [0.25, 0.3) is 0 Å². The fourth-order valence-electron chi connectivity index (χ4n) is 3.24. The van der Waals surface area contributed by atoms with Crippen LogP contribution >= 0.6 is 0 Å². The molecule has 0 aromatic heterocycles. The molecule has 1 aliphatic heterocycles. The van der Waals surface area contributed by atoms with E-state index in [0.717, 1.165) is 19.3 Å². The number of carbonyl (C=O) groups is 2. The molecule has 2 rings (SSSR count). The standard InChI is InChI=1S/C14H22O5/c1-9(15)17-8-14(4)11-5-6-13(3,18-10(2)16)12(7-11)19-14/h11-12H,5-8H2,1-4H3/t11-,12-,13+,14+/m0/s1. The van der Waals surface area contributed by atoms with Crippen LogP contribution in [0, 0.1) is 5.92 Å². The summed E-state index contributed by atoms with van der Waals surface area (Å²) in [6, 6.07) is 0. The van der Waals surface area contributed by atoms with Gasteiger partial charge in [0.2, 0.25) is 0 Å². The first kappa shape index (κ1) is 14.3. The van der Waals surface area contributed by atoms with Gasteiger partial charge in [-0.3, -0.25) is 9.59 Å². The predicted octanol–water partition coefficient (Wildman–Crippen LogP) is 1.83. The van der Waals surface area contributed by atoms with Gasteiger partial charge < -0.3 is 14.2 Å². The summed E-state index contributed by atoms with van der Waals surface area (Å²) < 4.78 is 16.7. The summed E-state index contributed by atoms with van der Waals surface area (Å²) in [7, 11) is 0. The highest BCUT2D eigenvalue weighted by Crippen LogP contribution is 2.50. The van der Waals surface area contributed by atoms with E-state index >= 15 is 0 Å².